The van der Waals surface area contributed by atoms with E-state index in [-0.39, 0.29) is 22.8 Å². The highest BCUT2D eigenvalue weighted by Crippen LogP contribution is 2.52. The molecule has 0 saturated carbocycles. The van der Waals surface area contributed by atoms with Gasteiger partial charge in [-0.05, 0) is 24.3 Å². The van der Waals surface area contributed by atoms with Crippen LogP contribution in [0.5, 0.6) is 11.5 Å². The molecule has 0 saturated heterocycles. The Morgan fingerprint density at radius 3 is 1.65 bits per heavy atom. The van der Waals surface area contributed by atoms with Crippen LogP contribution in [-0.4, -0.2) is 5.16 Å². The first-order chi connectivity index (χ1) is 14.9. The van der Waals surface area contributed by atoms with Crippen LogP contribution < -0.4 is 14.4 Å². The summed E-state index contributed by atoms with van der Waals surface area (Å²) in [7, 11) is -4.68. The molecular formula is C22H15F3NO4P. The van der Waals surface area contributed by atoms with Gasteiger partial charge in [-0.15, -0.1) is 0 Å². The van der Waals surface area contributed by atoms with E-state index in [2.05, 4.69) is 9.68 Å². The normalized spacial score (nSPS) is 11.8. The minimum Gasteiger partial charge on any atom is -0.413 e. The lowest BCUT2D eigenvalue weighted by Gasteiger charge is -2.21. The molecule has 0 radical (unpaired) electrons. The molecule has 0 fully saturated rings. The van der Waals surface area contributed by atoms with Gasteiger partial charge in [0.25, 0.3) is 5.76 Å². The number of para-hydroxylation sites is 2. The third-order valence-electron chi connectivity index (χ3n) is 4.18. The maximum Gasteiger partial charge on any atom is 0.469 e. The van der Waals surface area contributed by atoms with Crippen LogP contribution in [0.2, 0.25) is 0 Å². The third-order valence-corrected chi connectivity index (χ3v) is 6.05. The molecule has 4 rings (SSSR count). The van der Waals surface area contributed by atoms with Crippen LogP contribution in [0.4, 0.5) is 13.2 Å². The van der Waals surface area contributed by atoms with Crippen molar-refractivity contribution in [2.75, 3.05) is 0 Å². The molecule has 4 aromatic rings. The highest BCUT2D eigenvalue weighted by atomic mass is 31.2. The summed E-state index contributed by atoms with van der Waals surface area (Å²) < 4.78 is 71.3. The molecule has 0 unspecified atom stereocenters. The van der Waals surface area contributed by atoms with E-state index < -0.39 is 24.8 Å². The Morgan fingerprint density at radius 1 is 0.742 bits per heavy atom. The summed E-state index contributed by atoms with van der Waals surface area (Å²) in [4.78, 5) is 0. The monoisotopic (exact) mass is 445 g/mol. The number of hydrogen-bond donors (Lipinski definition) is 0. The fourth-order valence-corrected chi connectivity index (χ4v) is 4.73. The highest BCUT2D eigenvalue weighted by Gasteiger charge is 2.50. The summed E-state index contributed by atoms with van der Waals surface area (Å²) in [5.41, 5.74) is -0.00609. The second-order valence-corrected chi connectivity index (χ2v) is 8.19. The zero-order valence-corrected chi connectivity index (χ0v) is 16.7. The summed E-state index contributed by atoms with van der Waals surface area (Å²) >= 11 is 0. The fourth-order valence-electron chi connectivity index (χ4n) is 2.86. The average Bonchev–Trinajstić information content (AvgIpc) is 3.23. The van der Waals surface area contributed by atoms with Crippen LogP contribution >= 0.6 is 7.60 Å². The van der Waals surface area contributed by atoms with Gasteiger partial charge in [0.05, 0.1) is 0 Å². The van der Waals surface area contributed by atoms with E-state index in [0.717, 1.165) is 0 Å². The quantitative estimate of drug-likeness (QED) is 0.324. The minimum atomic E-state index is -4.98. The first-order valence-electron chi connectivity index (χ1n) is 9.09. The number of rotatable bonds is 6. The molecule has 3 aromatic carbocycles. The predicted octanol–water partition coefficient (Wildman–Crippen LogP) is 6.34. The molecule has 31 heavy (non-hydrogen) atoms. The first-order valence-corrected chi connectivity index (χ1v) is 10.6. The number of alkyl halides is 3. The molecule has 9 heteroatoms. The number of benzene rings is 3. The molecule has 0 N–H and O–H groups in total. The van der Waals surface area contributed by atoms with Crippen molar-refractivity contribution in [1.29, 1.82) is 0 Å². The van der Waals surface area contributed by atoms with E-state index in [0.29, 0.717) is 0 Å². The van der Waals surface area contributed by atoms with Gasteiger partial charge in [-0.2, -0.15) is 13.2 Å². The molecule has 5 nitrogen and oxygen atoms in total. The molecule has 1 heterocycles. The number of halogens is 3. The first kappa shape index (κ1) is 20.8. The van der Waals surface area contributed by atoms with Gasteiger partial charge in [0.1, 0.15) is 17.2 Å². The average molecular weight is 445 g/mol. The minimum absolute atomic E-state index is 0.0649. The van der Waals surface area contributed by atoms with Gasteiger partial charge in [0.2, 0.25) is 0 Å². The van der Waals surface area contributed by atoms with Gasteiger partial charge < -0.3 is 13.6 Å². The summed E-state index contributed by atoms with van der Waals surface area (Å²) in [6, 6.07) is 23.6. The van der Waals surface area contributed by atoms with Crippen LogP contribution in [0, 0.1) is 0 Å². The smallest absolute Gasteiger partial charge is 0.413 e. The largest absolute Gasteiger partial charge is 0.469 e. The summed E-state index contributed by atoms with van der Waals surface area (Å²) in [5, 5.41) is 2.78. The number of nitrogens with zero attached hydrogens (tertiary/aromatic N) is 1. The number of aromatic nitrogens is 1. The molecule has 0 aliphatic rings. The lowest BCUT2D eigenvalue weighted by atomic mass is 10.1. The third kappa shape index (κ3) is 4.49. The lowest BCUT2D eigenvalue weighted by molar-refractivity contribution is -0.154. The van der Waals surface area contributed by atoms with Gasteiger partial charge in [0, 0.05) is 5.56 Å². The van der Waals surface area contributed by atoms with Crippen molar-refractivity contribution in [3.05, 3.63) is 96.8 Å². The Morgan fingerprint density at radius 2 is 1.19 bits per heavy atom. The maximum absolute atomic E-state index is 14.0. The predicted molar refractivity (Wildman–Crippen MR) is 108 cm³/mol. The van der Waals surface area contributed by atoms with Crippen molar-refractivity contribution < 1.29 is 31.3 Å². The Bertz CT molecular complexity index is 1150. The fraction of sp³-hybridized carbons (Fsp3) is 0.0455. The standard InChI is InChI=1S/C22H15F3NO4P/c23-22(24,25)21-20(19(26-28-21)16-10-4-1-5-11-16)31(27,29-17-12-6-2-7-13-17)30-18-14-8-3-9-15-18/h1-15H. The van der Waals surface area contributed by atoms with Gasteiger partial charge >= 0.3 is 13.8 Å². The molecule has 0 aliphatic carbocycles. The van der Waals surface area contributed by atoms with E-state index >= 15 is 0 Å². The van der Waals surface area contributed by atoms with Gasteiger partial charge in [-0.3, -0.25) is 0 Å². The van der Waals surface area contributed by atoms with Crippen molar-refractivity contribution >= 4 is 12.9 Å². The SMILES string of the molecule is O=P(Oc1ccccc1)(Oc1ccccc1)c1c(-c2ccccc2)noc1C(F)(F)F. The summed E-state index contributed by atoms with van der Waals surface area (Å²) in [6.45, 7) is 0. The molecule has 0 atom stereocenters. The van der Waals surface area contributed by atoms with Crippen molar-refractivity contribution in [3.8, 4) is 22.8 Å². The van der Waals surface area contributed by atoms with Crippen LogP contribution in [0.1, 0.15) is 5.76 Å². The molecular weight excluding hydrogens is 430 g/mol. The lowest BCUT2D eigenvalue weighted by Crippen LogP contribution is -2.23. The zero-order chi connectivity index (χ0) is 21.9. The Hall–Kier alpha value is -3.51. The van der Waals surface area contributed by atoms with E-state index in [1.807, 2.05) is 0 Å². The Kier molecular flexibility index (Phi) is 5.57. The molecule has 0 amide bonds. The van der Waals surface area contributed by atoms with Crippen molar-refractivity contribution in [1.82, 2.24) is 5.16 Å². The molecule has 1 aromatic heterocycles. The van der Waals surface area contributed by atoms with E-state index in [1.165, 1.54) is 36.4 Å². The molecule has 0 spiro atoms. The summed E-state index contributed by atoms with van der Waals surface area (Å²) in [6.07, 6.45) is -4.98. The van der Waals surface area contributed by atoms with Crippen LogP contribution in [0.3, 0.4) is 0 Å². The second kappa shape index (κ2) is 8.32. The van der Waals surface area contributed by atoms with E-state index in [9.17, 15) is 17.7 Å². The highest BCUT2D eigenvalue weighted by molar-refractivity contribution is 7.63. The Balaban J connectivity index is 1.93. The van der Waals surface area contributed by atoms with Crippen LogP contribution in [0.15, 0.2) is 95.5 Å². The van der Waals surface area contributed by atoms with Gasteiger partial charge in [0.15, 0.2) is 5.30 Å². The molecule has 158 valence electrons. The summed E-state index contributed by atoms with van der Waals surface area (Å²) in [5.74, 6) is -1.41. The zero-order valence-electron chi connectivity index (χ0n) is 15.8. The Labute approximate surface area is 175 Å². The molecule has 0 aliphatic heterocycles. The van der Waals surface area contributed by atoms with E-state index in [1.54, 1.807) is 54.6 Å². The maximum atomic E-state index is 14.0. The van der Waals surface area contributed by atoms with Gasteiger partial charge in [-0.25, -0.2) is 4.57 Å². The van der Waals surface area contributed by atoms with Crippen LogP contribution in [0.25, 0.3) is 11.3 Å². The van der Waals surface area contributed by atoms with Gasteiger partial charge in [-0.1, -0.05) is 71.9 Å². The van der Waals surface area contributed by atoms with Crippen molar-refractivity contribution in [2.24, 2.45) is 0 Å². The topological polar surface area (TPSA) is 61.6 Å². The molecule has 0 bridgehead atoms. The number of hydrogen-bond acceptors (Lipinski definition) is 5. The van der Waals surface area contributed by atoms with Crippen molar-refractivity contribution in [2.45, 2.75) is 6.18 Å². The second-order valence-electron chi connectivity index (χ2n) is 6.38. The van der Waals surface area contributed by atoms with E-state index in [4.69, 9.17) is 9.05 Å². The van der Waals surface area contributed by atoms with Crippen molar-refractivity contribution in [3.63, 3.8) is 0 Å². The van der Waals surface area contributed by atoms with Crippen LogP contribution in [-0.2, 0) is 10.7 Å².